The number of alkyl halides is 3. The van der Waals surface area contributed by atoms with Crippen LogP contribution in [0.1, 0.15) is 0 Å². The van der Waals surface area contributed by atoms with Crippen LogP contribution in [0.4, 0.5) is 13.2 Å². The summed E-state index contributed by atoms with van der Waals surface area (Å²) in [5, 5.41) is 7.12. The molecule has 1 rings (SSSR count). The van der Waals surface area contributed by atoms with Crippen molar-refractivity contribution in [3.05, 3.63) is 23.0 Å². The number of carboxylic acid groups (broad SMARTS) is 1. The zero-order valence-electron chi connectivity index (χ0n) is 5.96. The Bertz CT molecular complexity index is 295. The smallest absolute Gasteiger partial charge is 0.475 e. The van der Waals surface area contributed by atoms with E-state index >= 15 is 0 Å². The second kappa shape index (κ2) is 4.33. The van der Waals surface area contributed by atoms with Crippen LogP contribution >= 0.6 is 0 Å². The number of aliphatic carboxylic acids is 1. The quantitative estimate of drug-likeness (QED) is 0.640. The van der Waals surface area contributed by atoms with Gasteiger partial charge in [0.25, 0.3) is 0 Å². The molecule has 0 aliphatic heterocycles. The van der Waals surface area contributed by atoms with E-state index < -0.39 is 17.9 Å². The van der Waals surface area contributed by atoms with E-state index in [1.807, 2.05) is 0 Å². The number of nitrogens with one attached hydrogen (secondary N) is 1. The fourth-order valence-electron chi connectivity index (χ4n) is 0.232. The number of rotatable bonds is 0. The molecule has 8 heteroatoms. The van der Waals surface area contributed by atoms with Gasteiger partial charge >= 0.3 is 17.9 Å². The van der Waals surface area contributed by atoms with Crippen molar-refractivity contribution < 1.29 is 27.5 Å². The molecule has 0 atom stereocenters. The lowest BCUT2D eigenvalue weighted by Gasteiger charge is -1.93. The lowest BCUT2D eigenvalue weighted by molar-refractivity contribution is -0.192. The second-order valence-corrected chi connectivity index (χ2v) is 1.66. The molecule has 0 aromatic carbocycles. The minimum absolute atomic E-state index is 0.407. The van der Waals surface area contributed by atoms with Gasteiger partial charge in [-0.05, 0) is 0 Å². The minimum Gasteiger partial charge on any atom is -0.475 e. The van der Waals surface area contributed by atoms with Crippen molar-refractivity contribution in [1.82, 2.24) is 4.98 Å². The fraction of sp³-hybridized carbons (Fsp3) is 0.200. The summed E-state index contributed by atoms with van der Waals surface area (Å²) in [7, 11) is 0. The van der Waals surface area contributed by atoms with E-state index in [9.17, 15) is 18.0 Å². The highest BCUT2D eigenvalue weighted by molar-refractivity contribution is 5.73. The van der Waals surface area contributed by atoms with Gasteiger partial charge in [-0.1, -0.05) is 0 Å². The highest BCUT2D eigenvalue weighted by Gasteiger charge is 2.38. The van der Waals surface area contributed by atoms with Gasteiger partial charge in [0.15, 0.2) is 0 Å². The van der Waals surface area contributed by atoms with Gasteiger partial charge < -0.3 is 9.52 Å². The molecule has 0 saturated heterocycles. The predicted octanol–water partition coefficient (Wildman–Crippen LogP) is 0.601. The Balaban J connectivity index is 0.000000223. The molecule has 1 aromatic heterocycles. The molecule has 0 fully saturated rings. The monoisotopic (exact) mass is 199 g/mol. The van der Waals surface area contributed by atoms with Crippen LogP contribution in [-0.2, 0) is 4.79 Å². The number of aromatic amines is 1. The summed E-state index contributed by atoms with van der Waals surface area (Å²) in [6, 6.07) is 0. The van der Waals surface area contributed by atoms with Gasteiger partial charge in [-0.15, -0.1) is 0 Å². The van der Waals surface area contributed by atoms with Crippen molar-refractivity contribution >= 4 is 5.97 Å². The Labute approximate surface area is 68.8 Å². The van der Waals surface area contributed by atoms with Crippen molar-refractivity contribution in [1.29, 1.82) is 0 Å². The van der Waals surface area contributed by atoms with Crippen LogP contribution < -0.4 is 5.76 Å². The van der Waals surface area contributed by atoms with Crippen LogP contribution in [0.2, 0.25) is 0 Å². The average Bonchev–Trinajstić information content (AvgIpc) is 2.38. The molecule has 2 N–H and O–H groups in total. The molecule has 74 valence electrons. The molecule has 0 unspecified atom stereocenters. The lowest BCUT2D eigenvalue weighted by Crippen LogP contribution is -2.21. The maximum Gasteiger partial charge on any atom is 0.490 e. The van der Waals surface area contributed by atoms with E-state index in [2.05, 4.69) is 9.40 Å². The maximum atomic E-state index is 10.6. The number of halogens is 3. The summed E-state index contributed by atoms with van der Waals surface area (Å²) in [5.74, 6) is -3.16. The summed E-state index contributed by atoms with van der Waals surface area (Å²) in [6.07, 6.45) is -2.36. The number of hydrogen-bond donors (Lipinski definition) is 2. The summed E-state index contributed by atoms with van der Waals surface area (Å²) in [4.78, 5) is 21.0. The molecule has 1 heterocycles. The number of H-pyrrole nitrogens is 1. The first-order chi connectivity index (χ1) is 5.84. The molecule has 5 nitrogen and oxygen atoms in total. The van der Waals surface area contributed by atoms with Crippen LogP contribution in [0.15, 0.2) is 21.7 Å². The first-order valence-corrected chi connectivity index (χ1v) is 2.76. The minimum atomic E-state index is -5.08. The number of aromatic nitrogens is 1. The molecule has 0 radical (unpaired) electrons. The summed E-state index contributed by atoms with van der Waals surface area (Å²) in [5.41, 5.74) is 0. The van der Waals surface area contributed by atoms with E-state index in [1.54, 1.807) is 0 Å². The third kappa shape index (κ3) is 5.53. The van der Waals surface area contributed by atoms with Crippen LogP contribution in [0.5, 0.6) is 0 Å². The normalized spacial score (nSPS) is 10.1. The molecule has 0 aliphatic rings. The van der Waals surface area contributed by atoms with Gasteiger partial charge in [-0.2, -0.15) is 13.2 Å². The van der Waals surface area contributed by atoms with E-state index in [0.29, 0.717) is 0 Å². The van der Waals surface area contributed by atoms with Crippen molar-refractivity contribution in [2.45, 2.75) is 6.18 Å². The van der Waals surface area contributed by atoms with Gasteiger partial charge in [-0.3, -0.25) is 4.98 Å². The van der Waals surface area contributed by atoms with Gasteiger partial charge in [0.2, 0.25) is 0 Å². The molecule has 1 aromatic rings. The second-order valence-electron chi connectivity index (χ2n) is 1.66. The van der Waals surface area contributed by atoms with E-state index in [-0.39, 0.29) is 0 Å². The fourth-order valence-corrected chi connectivity index (χ4v) is 0.232. The van der Waals surface area contributed by atoms with Gasteiger partial charge in [0.05, 0.1) is 0 Å². The molecule has 0 amide bonds. The van der Waals surface area contributed by atoms with Gasteiger partial charge in [-0.25, -0.2) is 9.59 Å². The number of carbonyl (C=O) groups is 1. The maximum absolute atomic E-state index is 10.6. The summed E-state index contributed by atoms with van der Waals surface area (Å²) >= 11 is 0. The third-order valence-electron chi connectivity index (χ3n) is 0.687. The SMILES string of the molecule is O=C(O)C(F)(F)F.O=c1[nH]cco1. The predicted molar refractivity (Wildman–Crippen MR) is 33.0 cm³/mol. The summed E-state index contributed by atoms with van der Waals surface area (Å²) in [6.45, 7) is 0. The Hall–Kier alpha value is -1.73. The zero-order chi connectivity index (χ0) is 10.5. The largest absolute Gasteiger partial charge is 0.490 e. The average molecular weight is 199 g/mol. The van der Waals surface area contributed by atoms with Gasteiger partial charge in [0.1, 0.15) is 6.26 Å². The Morgan fingerprint density at radius 1 is 1.54 bits per heavy atom. The summed E-state index contributed by atoms with van der Waals surface area (Å²) < 4.78 is 36.0. The first kappa shape index (κ1) is 11.3. The topological polar surface area (TPSA) is 83.3 Å². The van der Waals surface area contributed by atoms with Crippen LogP contribution in [0.3, 0.4) is 0 Å². The molecule has 0 bridgehead atoms. The Morgan fingerprint density at radius 3 is 2.08 bits per heavy atom. The van der Waals surface area contributed by atoms with E-state index in [0.717, 1.165) is 0 Å². The van der Waals surface area contributed by atoms with Crippen molar-refractivity contribution in [3.63, 3.8) is 0 Å². The van der Waals surface area contributed by atoms with Crippen molar-refractivity contribution in [3.8, 4) is 0 Å². The number of hydrogen-bond acceptors (Lipinski definition) is 3. The molecule has 0 aliphatic carbocycles. The Kier molecular flexibility index (Phi) is 3.76. The molecular weight excluding hydrogens is 195 g/mol. The van der Waals surface area contributed by atoms with Crippen LogP contribution in [-0.4, -0.2) is 22.2 Å². The molecular formula is C5H4F3NO4. The van der Waals surface area contributed by atoms with Crippen molar-refractivity contribution in [2.75, 3.05) is 0 Å². The number of carboxylic acids is 1. The first-order valence-electron chi connectivity index (χ1n) is 2.76. The lowest BCUT2D eigenvalue weighted by atomic mass is 10.7. The van der Waals surface area contributed by atoms with Crippen molar-refractivity contribution in [2.24, 2.45) is 0 Å². The van der Waals surface area contributed by atoms with Crippen LogP contribution in [0.25, 0.3) is 0 Å². The highest BCUT2D eigenvalue weighted by atomic mass is 19.4. The standard InChI is InChI=1S/C3H3NO2.C2HF3O2/c5-3-4-1-2-6-3;3-2(4,5)1(6)7/h1-2H,(H,4,5);(H,6,7). The third-order valence-corrected chi connectivity index (χ3v) is 0.687. The highest BCUT2D eigenvalue weighted by Crippen LogP contribution is 2.13. The van der Waals surface area contributed by atoms with E-state index in [1.165, 1.54) is 12.5 Å². The Morgan fingerprint density at radius 2 is 2.00 bits per heavy atom. The molecule has 0 saturated carbocycles. The molecule has 0 spiro atoms. The van der Waals surface area contributed by atoms with Crippen LogP contribution in [0, 0.1) is 0 Å². The van der Waals surface area contributed by atoms with Gasteiger partial charge in [0, 0.05) is 6.20 Å². The van der Waals surface area contributed by atoms with E-state index in [4.69, 9.17) is 9.90 Å². The molecule has 13 heavy (non-hydrogen) atoms. The number of oxazole rings is 1. The zero-order valence-corrected chi connectivity index (χ0v) is 5.96.